The van der Waals surface area contributed by atoms with Gasteiger partial charge in [-0.05, 0) is 19.3 Å². The molecule has 0 aliphatic carbocycles. The number of carbonyl (C=O) groups is 2. The fraction of sp³-hybridized carbons (Fsp3) is 0.579. The van der Waals surface area contributed by atoms with Crippen LogP contribution in [0.15, 0.2) is 12.1 Å². The van der Waals surface area contributed by atoms with E-state index in [0.29, 0.717) is 48.3 Å². The molecule has 0 saturated heterocycles. The number of nitrogens with zero attached hydrogens (tertiary/aromatic N) is 1. The number of halogens is 1. The summed E-state index contributed by atoms with van der Waals surface area (Å²) in [4.78, 5) is 26.3. The highest BCUT2D eigenvalue weighted by Gasteiger charge is 2.17. The van der Waals surface area contributed by atoms with Gasteiger partial charge in [0.05, 0.1) is 10.7 Å². The SMILES string of the molecule is CCCN(CCC)C(=O)CCCC(=O)Nc1cc2c(cc1Cl)OCCO2. The van der Waals surface area contributed by atoms with Gasteiger partial charge in [-0.1, -0.05) is 25.4 Å². The Labute approximate surface area is 159 Å². The predicted molar refractivity (Wildman–Crippen MR) is 102 cm³/mol. The fourth-order valence-electron chi connectivity index (χ4n) is 2.83. The van der Waals surface area contributed by atoms with Crippen LogP contribution >= 0.6 is 11.6 Å². The minimum absolute atomic E-state index is 0.110. The molecule has 1 aliphatic heterocycles. The highest BCUT2D eigenvalue weighted by molar-refractivity contribution is 6.34. The van der Waals surface area contributed by atoms with Crippen LogP contribution in [0.5, 0.6) is 11.5 Å². The summed E-state index contributed by atoms with van der Waals surface area (Å²) >= 11 is 6.19. The maximum Gasteiger partial charge on any atom is 0.224 e. The summed E-state index contributed by atoms with van der Waals surface area (Å²) in [5.74, 6) is 1.09. The van der Waals surface area contributed by atoms with Crippen molar-refractivity contribution in [2.75, 3.05) is 31.6 Å². The maximum atomic E-state index is 12.2. The molecule has 0 saturated carbocycles. The second kappa shape index (κ2) is 10.3. The Morgan fingerprint density at radius 2 is 1.69 bits per heavy atom. The average Bonchev–Trinajstić information content (AvgIpc) is 2.62. The summed E-state index contributed by atoms with van der Waals surface area (Å²) in [6.07, 6.45) is 3.03. The molecule has 1 aromatic carbocycles. The number of nitrogens with one attached hydrogen (secondary N) is 1. The van der Waals surface area contributed by atoms with Gasteiger partial charge in [-0.2, -0.15) is 0 Å². The Kier molecular flexibility index (Phi) is 8.04. The number of hydrogen-bond acceptors (Lipinski definition) is 4. The lowest BCUT2D eigenvalue weighted by atomic mass is 10.2. The molecule has 144 valence electrons. The van der Waals surface area contributed by atoms with Crippen molar-refractivity contribution in [3.63, 3.8) is 0 Å². The van der Waals surface area contributed by atoms with E-state index in [-0.39, 0.29) is 18.2 Å². The van der Waals surface area contributed by atoms with E-state index in [1.165, 1.54) is 0 Å². The highest BCUT2D eigenvalue weighted by Crippen LogP contribution is 2.38. The van der Waals surface area contributed by atoms with Gasteiger partial charge in [-0.15, -0.1) is 0 Å². The molecule has 0 fully saturated rings. The minimum Gasteiger partial charge on any atom is -0.486 e. The zero-order chi connectivity index (χ0) is 18.9. The van der Waals surface area contributed by atoms with E-state index in [1.54, 1.807) is 12.1 Å². The number of hydrogen-bond donors (Lipinski definition) is 1. The second-order valence-corrected chi connectivity index (χ2v) is 6.67. The number of amides is 2. The van der Waals surface area contributed by atoms with Crippen LogP contribution in [-0.4, -0.2) is 43.0 Å². The van der Waals surface area contributed by atoms with Crippen molar-refractivity contribution in [2.45, 2.75) is 46.0 Å². The van der Waals surface area contributed by atoms with Gasteiger partial charge < -0.3 is 19.7 Å². The van der Waals surface area contributed by atoms with E-state index in [2.05, 4.69) is 19.2 Å². The largest absolute Gasteiger partial charge is 0.486 e. The topological polar surface area (TPSA) is 67.9 Å². The molecule has 0 atom stereocenters. The van der Waals surface area contributed by atoms with Gasteiger partial charge in [-0.3, -0.25) is 9.59 Å². The molecule has 1 N–H and O–H groups in total. The van der Waals surface area contributed by atoms with E-state index < -0.39 is 0 Å². The van der Waals surface area contributed by atoms with Crippen LogP contribution in [-0.2, 0) is 9.59 Å². The third kappa shape index (κ3) is 5.80. The Morgan fingerprint density at radius 3 is 2.31 bits per heavy atom. The molecule has 1 heterocycles. The lowest BCUT2D eigenvalue weighted by molar-refractivity contribution is -0.131. The summed E-state index contributed by atoms with van der Waals surface area (Å²) in [7, 11) is 0. The summed E-state index contributed by atoms with van der Waals surface area (Å²) in [6, 6.07) is 3.31. The normalized spacial score (nSPS) is 12.6. The molecule has 0 spiro atoms. The van der Waals surface area contributed by atoms with Crippen molar-refractivity contribution < 1.29 is 19.1 Å². The third-order valence-electron chi connectivity index (χ3n) is 4.04. The van der Waals surface area contributed by atoms with Crippen molar-refractivity contribution >= 4 is 29.1 Å². The number of fused-ring (bicyclic) bond motifs is 1. The number of carbonyl (C=O) groups excluding carboxylic acids is 2. The first kappa shape index (κ1) is 20.4. The fourth-order valence-corrected chi connectivity index (χ4v) is 3.03. The van der Waals surface area contributed by atoms with Crippen molar-refractivity contribution in [3.8, 4) is 11.5 Å². The van der Waals surface area contributed by atoms with Gasteiger partial charge in [0.1, 0.15) is 13.2 Å². The van der Waals surface area contributed by atoms with E-state index in [0.717, 1.165) is 25.9 Å². The first-order valence-corrected chi connectivity index (χ1v) is 9.59. The molecule has 0 unspecified atom stereocenters. The maximum absolute atomic E-state index is 12.2. The quantitative estimate of drug-likeness (QED) is 0.704. The van der Waals surface area contributed by atoms with Crippen molar-refractivity contribution in [1.29, 1.82) is 0 Å². The first-order valence-electron chi connectivity index (χ1n) is 9.21. The van der Waals surface area contributed by atoms with E-state index in [1.807, 2.05) is 4.90 Å². The van der Waals surface area contributed by atoms with Gasteiger partial charge in [0.15, 0.2) is 11.5 Å². The lowest BCUT2D eigenvalue weighted by Crippen LogP contribution is -2.32. The minimum atomic E-state index is -0.172. The number of rotatable bonds is 9. The van der Waals surface area contributed by atoms with Crippen LogP contribution in [0.25, 0.3) is 0 Å². The van der Waals surface area contributed by atoms with Gasteiger partial charge in [0, 0.05) is 38.1 Å². The monoisotopic (exact) mass is 382 g/mol. The van der Waals surface area contributed by atoms with E-state index in [4.69, 9.17) is 21.1 Å². The predicted octanol–water partition coefficient (Wildman–Crippen LogP) is 3.87. The van der Waals surface area contributed by atoms with Crippen molar-refractivity contribution in [1.82, 2.24) is 4.90 Å². The number of ether oxygens (including phenoxy) is 2. The van der Waals surface area contributed by atoms with E-state index in [9.17, 15) is 9.59 Å². The summed E-state index contributed by atoms with van der Waals surface area (Å²) in [5, 5.41) is 3.18. The Hall–Kier alpha value is -1.95. The average molecular weight is 383 g/mol. The third-order valence-corrected chi connectivity index (χ3v) is 4.35. The molecule has 1 aromatic rings. The number of anilines is 1. The van der Waals surface area contributed by atoms with Crippen LogP contribution in [0.4, 0.5) is 5.69 Å². The second-order valence-electron chi connectivity index (χ2n) is 6.26. The van der Waals surface area contributed by atoms with E-state index >= 15 is 0 Å². The standard InChI is InChI=1S/C19H27ClN2O4/c1-3-8-22(9-4-2)19(24)7-5-6-18(23)21-15-13-17-16(12-14(15)20)25-10-11-26-17/h12-13H,3-11H2,1-2H3,(H,21,23). The Balaban J connectivity index is 1.82. The lowest BCUT2D eigenvalue weighted by Gasteiger charge is -2.21. The van der Waals surface area contributed by atoms with Crippen molar-refractivity contribution in [2.24, 2.45) is 0 Å². The van der Waals surface area contributed by atoms with Gasteiger partial charge in [-0.25, -0.2) is 0 Å². The number of benzene rings is 1. The molecule has 2 amide bonds. The van der Waals surface area contributed by atoms with Crippen LogP contribution in [0, 0.1) is 0 Å². The smallest absolute Gasteiger partial charge is 0.224 e. The molecule has 0 aromatic heterocycles. The Bertz CT molecular complexity index is 630. The summed E-state index contributed by atoms with van der Waals surface area (Å²) in [6.45, 7) is 6.60. The first-order chi connectivity index (χ1) is 12.5. The summed E-state index contributed by atoms with van der Waals surface area (Å²) in [5.41, 5.74) is 0.492. The van der Waals surface area contributed by atoms with Crippen LogP contribution < -0.4 is 14.8 Å². The van der Waals surface area contributed by atoms with Crippen LogP contribution in [0.1, 0.15) is 46.0 Å². The highest BCUT2D eigenvalue weighted by atomic mass is 35.5. The van der Waals surface area contributed by atoms with Gasteiger partial charge in [0.25, 0.3) is 0 Å². The molecule has 0 bridgehead atoms. The van der Waals surface area contributed by atoms with Crippen LogP contribution in [0.3, 0.4) is 0 Å². The van der Waals surface area contributed by atoms with Crippen molar-refractivity contribution in [3.05, 3.63) is 17.2 Å². The molecular weight excluding hydrogens is 356 g/mol. The van der Waals surface area contributed by atoms with Crippen LogP contribution in [0.2, 0.25) is 5.02 Å². The molecule has 2 rings (SSSR count). The Morgan fingerprint density at radius 1 is 1.08 bits per heavy atom. The van der Waals surface area contributed by atoms with Gasteiger partial charge >= 0.3 is 0 Å². The van der Waals surface area contributed by atoms with Gasteiger partial charge in [0.2, 0.25) is 11.8 Å². The zero-order valence-electron chi connectivity index (χ0n) is 15.5. The zero-order valence-corrected chi connectivity index (χ0v) is 16.2. The molecule has 6 nitrogen and oxygen atoms in total. The molecule has 0 radical (unpaired) electrons. The molecule has 1 aliphatic rings. The molecule has 7 heteroatoms. The summed E-state index contributed by atoms with van der Waals surface area (Å²) < 4.78 is 11.0. The molecular formula is C19H27ClN2O4. The molecule has 26 heavy (non-hydrogen) atoms.